The Morgan fingerprint density at radius 1 is 0.750 bits per heavy atom. The van der Waals surface area contributed by atoms with Crippen molar-refractivity contribution in [3.8, 4) is 22.6 Å². The van der Waals surface area contributed by atoms with Gasteiger partial charge in [-0.3, -0.25) is 9.59 Å². The number of benzene rings is 2. The van der Waals surface area contributed by atoms with Crippen LogP contribution < -0.4 is 0 Å². The molecule has 0 saturated carbocycles. The predicted octanol–water partition coefficient (Wildman–Crippen LogP) is 3.73. The largest absolute Gasteiger partial charge is 0.508 e. The predicted molar refractivity (Wildman–Crippen MR) is 110 cm³/mol. The van der Waals surface area contributed by atoms with Crippen molar-refractivity contribution in [3.63, 3.8) is 0 Å². The molecule has 0 bridgehead atoms. The molecule has 150 valence electrons. The van der Waals surface area contributed by atoms with Crippen molar-refractivity contribution in [2.24, 2.45) is 0 Å². The minimum atomic E-state index is -0.190. The second kappa shape index (κ2) is 9.26. The Kier molecular flexibility index (Phi) is 7.04. The van der Waals surface area contributed by atoms with Gasteiger partial charge in [-0.05, 0) is 69.7 Å². The standard InChI is InChI=1S/C22H28N2O4/c1-5-23(6-2)21(27)15-9-11-17(22(28)24(7-3)8-4)18(13-15)19-14-16(25)10-12-20(19)26/h9-14,25-26H,5-8H2,1-4H3. The molecule has 2 amide bonds. The topological polar surface area (TPSA) is 81.1 Å². The van der Waals surface area contributed by atoms with Crippen molar-refractivity contribution < 1.29 is 19.8 Å². The molecule has 6 heteroatoms. The van der Waals surface area contributed by atoms with Crippen LogP contribution in [0.5, 0.6) is 11.5 Å². The summed E-state index contributed by atoms with van der Waals surface area (Å²) in [6, 6.07) is 9.02. The number of phenols is 2. The van der Waals surface area contributed by atoms with Crippen LogP contribution in [0.1, 0.15) is 48.4 Å². The van der Waals surface area contributed by atoms with Gasteiger partial charge in [0.15, 0.2) is 0 Å². The quantitative estimate of drug-likeness (QED) is 0.713. The molecule has 0 heterocycles. The summed E-state index contributed by atoms with van der Waals surface area (Å²) in [6.07, 6.45) is 0. The van der Waals surface area contributed by atoms with Crippen molar-refractivity contribution >= 4 is 11.8 Å². The average molecular weight is 384 g/mol. The molecule has 2 aromatic carbocycles. The fourth-order valence-corrected chi connectivity index (χ4v) is 3.20. The van der Waals surface area contributed by atoms with Gasteiger partial charge in [-0.2, -0.15) is 0 Å². The van der Waals surface area contributed by atoms with Gasteiger partial charge in [0.2, 0.25) is 0 Å². The number of phenolic OH excluding ortho intramolecular Hbond substituents is 2. The Hall–Kier alpha value is -3.02. The molecule has 2 rings (SSSR count). The van der Waals surface area contributed by atoms with E-state index in [2.05, 4.69) is 0 Å². The Labute approximate surface area is 166 Å². The summed E-state index contributed by atoms with van der Waals surface area (Å²) >= 11 is 0. The monoisotopic (exact) mass is 384 g/mol. The van der Waals surface area contributed by atoms with Crippen LogP contribution in [0.15, 0.2) is 36.4 Å². The van der Waals surface area contributed by atoms with Crippen molar-refractivity contribution in [3.05, 3.63) is 47.5 Å². The first-order valence-electron chi connectivity index (χ1n) is 9.62. The summed E-state index contributed by atoms with van der Waals surface area (Å²) in [5.74, 6) is -0.439. The number of nitrogens with zero attached hydrogens (tertiary/aromatic N) is 2. The zero-order chi connectivity index (χ0) is 20.8. The third kappa shape index (κ3) is 4.27. The highest BCUT2D eigenvalue weighted by Gasteiger charge is 2.22. The lowest BCUT2D eigenvalue weighted by atomic mass is 9.95. The smallest absolute Gasteiger partial charge is 0.254 e. The maximum atomic E-state index is 13.0. The first-order chi connectivity index (χ1) is 13.4. The van der Waals surface area contributed by atoms with Crippen molar-refractivity contribution in [1.82, 2.24) is 9.80 Å². The van der Waals surface area contributed by atoms with E-state index in [0.717, 1.165) is 0 Å². The fourth-order valence-electron chi connectivity index (χ4n) is 3.20. The van der Waals surface area contributed by atoms with Gasteiger partial charge in [0.25, 0.3) is 11.8 Å². The minimum Gasteiger partial charge on any atom is -0.508 e. The van der Waals surface area contributed by atoms with E-state index in [9.17, 15) is 19.8 Å². The molecule has 2 N–H and O–H groups in total. The molecule has 0 fully saturated rings. The molecule has 0 aliphatic carbocycles. The summed E-state index contributed by atoms with van der Waals surface area (Å²) in [5.41, 5.74) is 1.53. The zero-order valence-electron chi connectivity index (χ0n) is 16.9. The van der Waals surface area contributed by atoms with Crippen molar-refractivity contribution in [1.29, 1.82) is 0 Å². The van der Waals surface area contributed by atoms with Crippen molar-refractivity contribution in [2.45, 2.75) is 27.7 Å². The maximum absolute atomic E-state index is 13.0. The molecule has 0 aliphatic heterocycles. The molecular formula is C22H28N2O4. The summed E-state index contributed by atoms with van der Waals surface area (Å²) < 4.78 is 0. The third-order valence-corrected chi connectivity index (χ3v) is 4.87. The number of carbonyl (C=O) groups is 2. The van der Waals surface area contributed by atoms with E-state index in [0.29, 0.717) is 48.4 Å². The normalized spacial score (nSPS) is 10.6. The first-order valence-corrected chi connectivity index (χ1v) is 9.62. The Morgan fingerprint density at radius 3 is 1.89 bits per heavy atom. The number of hydrogen-bond donors (Lipinski definition) is 2. The molecule has 0 aliphatic rings. The van der Waals surface area contributed by atoms with Gasteiger partial charge in [-0.25, -0.2) is 0 Å². The second-order valence-corrected chi connectivity index (χ2v) is 6.42. The van der Waals surface area contributed by atoms with E-state index >= 15 is 0 Å². The highest BCUT2D eigenvalue weighted by molar-refractivity contribution is 6.04. The molecule has 0 unspecified atom stereocenters. The molecular weight excluding hydrogens is 356 g/mol. The van der Waals surface area contributed by atoms with Gasteiger partial charge in [0.05, 0.1) is 0 Å². The van der Waals surface area contributed by atoms with E-state index in [4.69, 9.17) is 0 Å². The van der Waals surface area contributed by atoms with E-state index < -0.39 is 0 Å². The van der Waals surface area contributed by atoms with Crippen LogP contribution >= 0.6 is 0 Å². The van der Waals surface area contributed by atoms with Crippen LogP contribution in [0, 0.1) is 0 Å². The molecule has 28 heavy (non-hydrogen) atoms. The van der Waals surface area contributed by atoms with Crippen LogP contribution in [0.4, 0.5) is 0 Å². The third-order valence-electron chi connectivity index (χ3n) is 4.87. The van der Waals surface area contributed by atoms with Crippen LogP contribution in [0.25, 0.3) is 11.1 Å². The number of aromatic hydroxyl groups is 2. The minimum absolute atomic E-state index is 0.0329. The summed E-state index contributed by atoms with van der Waals surface area (Å²) in [7, 11) is 0. The van der Waals surface area contributed by atoms with E-state index in [1.54, 1.807) is 28.0 Å². The lowest BCUT2D eigenvalue weighted by molar-refractivity contribution is 0.0761. The SMILES string of the molecule is CCN(CC)C(=O)c1ccc(C(=O)N(CC)CC)c(-c2cc(O)ccc2O)c1. The number of amides is 2. The zero-order valence-corrected chi connectivity index (χ0v) is 16.9. The maximum Gasteiger partial charge on any atom is 0.254 e. The second-order valence-electron chi connectivity index (χ2n) is 6.42. The van der Waals surface area contributed by atoms with E-state index in [1.165, 1.54) is 18.2 Å². The van der Waals surface area contributed by atoms with Crippen molar-refractivity contribution in [2.75, 3.05) is 26.2 Å². The van der Waals surface area contributed by atoms with Crippen LogP contribution in [0.3, 0.4) is 0 Å². The number of hydrogen-bond acceptors (Lipinski definition) is 4. The molecule has 0 atom stereocenters. The van der Waals surface area contributed by atoms with Gasteiger partial charge in [0.1, 0.15) is 11.5 Å². The van der Waals surface area contributed by atoms with Gasteiger partial charge >= 0.3 is 0 Å². The molecule has 2 aromatic rings. The Balaban J connectivity index is 2.68. The van der Waals surface area contributed by atoms with Gasteiger partial charge < -0.3 is 20.0 Å². The van der Waals surface area contributed by atoms with Crippen LogP contribution in [0.2, 0.25) is 0 Å². The Morgan fingerprint density at radius 2 is 1.32 bits per heavy atom. The highest BCUT2D eigenvalue weighted by atomic mass is 16.3. The van der Waals surface area contributed by atoms with Crippen LogP contribution in [-0.4, -0.2) is 58.0 Å². The Bertz CT molecular complexity index is 856. The fraction of sp³-hybridized carbons (Fsp3) is 0.364. The summed E-state index contributed by atoms with van der Waals surface area (Å²) in [6.45, 7) is 9.83. The van der Waals surface area contributed by atoms with Gasteiger partial charge in [-0.15, -0.1) is 0 Å². The molecule has 0 radical (unpaired) electrons. The number of carbonyl (C=O) groups excluding carboxylic acids is 2. The van der Waals surface area contributed by atoms with Crippen LogP contribution in [-0.2, 0) is 0 Å². The van der Waals surface area contributed by atoms with Gasteiger partial charge in [-0.1, -0.05) is 0 Å². The first kappa shape index (κ1) is 21.3. The van der Waals surface area contributed by atoms with Gasteiger partial charge in [0, 0.05) is 42.9 Å². The van der Waals surface area contributed by atoms with E-state index in [1.807, 2.05) is 27.7 Å². The lowest BCUT2D eigenvalue weighted by Crippen LogP contribution is -2.32. The molecule has 0 saturated heterocycles. The average Bonchev–Trinajstić information content (AvgIpc) is 2.71. The molecule has 6 nitrogen and oxygen atoms in total. The van der Waals surface area contributed by atoms with E-state index in [-0.39, 0.29) is 23.3 Å². The number of rotatable bonds is 7. The summed E-state index contributed by atoms with van der Waals surface area (Å²) in [5, 5.41) is 20.2. The molecule has 0 spiro atoms. The summed E-state index contributed by atoms with van der Waals surface area (Å²) in [4.78, 5) is 29.2. The lowest BCUT2D eigenvalue weighted by Gasteiger charge is -2.23. The molecule has 0 aromatic heterocycles. The highest BCUT2D eigenvalue weighted by Crippen LogP contribution is 2.35.